The van der Waals surface area contributed by atoms with E-state index in [9.17, 15) is 18.0 Å². The maximum atomic E-state index is 12.6. The number of benzene rings is 1. The first-order valence-corrected chi connectivity index (χ1v) is 7.56. The van der Waals surface area contributed by atoms with Crippen LogP contribution >= 0.6 is 0 Å². The minimum absolute atomic E-state index is 0.220. The summed E-state index contributed by atoms with van der Waals surface area (Å²) in [6.07, 6.45) is -1.77. The maximum absolute atomic E-state index is 12.6. The molecule has 0 radical (unpaired) electrons. The van der Waals surface area contributed by atoms with E-state index in [0.29, 0.717) is 18.7 Å². The monoisotopic (exact) mass is 340 g/mol. The van der Waals surface area contributed by atoms with Crippen LogP contribution in [0.15, 0.2) is 36.5 Å². The molecular weight excluding hydrogens is 321 g/mol. The van der Waals surface area contributed by atoms with Gasteiger partial charge in [-0.3, -0.25) is 4.79 Å². The van der Waals surface area contributed by atoms with Crippen molar-refractivity contribution in [2.75, 3.05) is 0 Å². The van der Waals surface area contributed by atoms with E-state index in [1.165, 1.54) is 6.20 Å². The SMILES string of the molecule is CCCC(N)C(=O)NCc1ccc(-n2ccc(C(F)(F)F)n2)cc1. The number of hydrogen-bond donors (Lipinski definition) is 2. The molecular formula is C16H19F3N4O. The molecule has 0 aliphatic heterocycles. The Kier molecular flexibility index (Phi) is 5.61. The topological polar surface area (TPSA) is 72.9 Å². The first-order valence-electron chi connectivity index (χ1n) is 7.56. The largest absolute Gasteiger partial charge is 0.435 e. The molecule has 0 fully saturated rings. The zero-order chi connectivity index (χ0) is 17.7. The average Bonchev–Trinajstić information content (AvgIpc) is 3.03. The number of halogens is 3. The molecule has 130 valence electrons. The molecule has 0 saturated carbocycles. The zero-order valence-electron chi connectivity index (χ0n) is 13.2. The average molecular weight is 340 g/mol. The second kappa shape index (κ2) is 7.48. The Hall–Kier alpha value is -2.35. The highest BCUT2D eigenvalue weighted by atomic mass is 19.4. The zero-order valence-corrected chi connectivity index (χ0v) is 13.2. The standard InChI is InChI=1S/C16H19F3N4O/c1-2-3-13(20)15(24)21-10-11-4-6-12(7-5-11)23-9-8-14(22-23)16(17,18)19/h4-9,13H,2-3,10,20H2,1H3,(H,21,24). The number of alkyl halides is 3. The van der Waals surface area contributed by atoms with Crippen molar-refractivity contribution in [3.05, 3.63) is 47.8 Å². The van der Waals surface area contributed by atoms with Gasteiger partial charge in [0.2, 0.25) is 5.91 Å². The van der Waals surface area contributed by atoms with Gasteiger partial charge in [-0.1, -0.05) is 25.5 Å². The van der Waals surface area contributed by atoms with Crippen molar-refractivity contribution >= 4 is 5.91 Å². The molecule has 1 unspecified atom stereocenters. The number of nitrogens with zero attached hydrogens (tertiary/aromatic N) is 2. The lowest BCUT2D eigenvalue weighted by Crippen LogP contribution is -2.40. The first kappa shape index (κ1) is 18.0. The van der Waals surface area contributed by atoms with Gasteiger partial charge in [0, 0.05) is 12.7 Å². The lowest BCUT2D eigenvalue weighted by molar-refractivity contribution is -0.141. The highest BCUT2D eigenvalue weighted by Crippen LogP contribution is 2.27. The Morgan fingerprint density at radius 1 is 1.29 bits per heavy atom. The van der Waals surface area contributed by atoms with E-state index >= 15 is 0 Å². The number of rotatable bonds is 6. The number of carbonyl (C=O) groups is 1. The molecule has 1 atom stereocenters. The smallest absolute Gasteiger partial charge is 0.351 e. The van der Waals surface area contributed by atoms with Crippen molar-refractivity contribution in [3.8, 4) is 5.69 Å². The molecule has 0 aliphatic carbocycles. The first-order chi connectivity index (χ1) is 11.3. The molecule has 24 heavy (non-hydrogen) atoms. The highest BCUT2D eigenvalue weighted by molar-refractivity contribution is 5.81. The Labute approximate surface area is 137 Å². The van der Waals surface area contributed by atoms with E-state index in [2.05, 4.69) is 10.4 Å². The van der Waals surface area contributed by atoms with Crippen LogP contribution in [0.25, 0.3) is 5.69 Å². The van der Waals surface area contributed by atoms with Crippen molar-refractivity contribution in [2.24, 2.45) is 5.73 Å². The van der Waals surface area contributed by atoms with E-state index in [-0.39, 0.29) is 5.91 Å². The van der Waals surface area contributed by atoms with Crippen LogP contribution in [0.2, 0.25) is 0 Å². The van der Waals surface area contributed by atoms with E-state index in [0.717, 1.165) is 22.7 Å². The third kappa shape index (κ3) is 4.58. The summed E-state index contributed by atoms with van der Waals surface area (Å²) in [6.45, 7) is 2.26. The number of nitrogens with one attached hydrogen (secondary N) is 1. The van der Waals surface area contributed by atoms with Gasteiger partial charge in [0.1, 0.15) is 0 Å². The van der Waals surface area contributed by atoms with Gasteiger partial charge in [0.15, 0.2) is 5.69 Å². The fourth-order valence-electron chi connectivity index (χ4n) is 2.15. The van der Waals surface area contributed by atoms with Crippen LogP contribution in [-0.2, 0) is 17.5 Å². The van der Waals surface area contributed by atoms with Gasteiger partial charge in [-0.25, -0.2) is 4.68 Å². The molecule has 1 amide bonds. The molecule has 8 heteroatoms. The van der Waals surface area contributed by atoms with Crippen LogP contribution in [0.5, 0.6) is 0 Å². The van der Waals surface area contributed by atoms with Crippen molar-refractivity contribution in [2.45, 2.75) is 38.5 Å². The van der Waals surface area contributed by atoms with Gasteiger partial charge < -0.3 is 11.1 Å². The van der Waals surface area contributed by atoms with Crippen molar-refractivity contribution < 1.29 is 18.0 Å². The lowest BCUT2D eigenvalue weighted by Gasteiger charge is -2.11. The molecule has 0 aliphatic rings. The van der Waals surface area contributed by atoms with Crippen LogP contribution in [0.1, 0.15) is 31.0 Å². The third-order valence-electron chi connectivity index (χ3n) is 3.48. The van der Waals surface area contributed by atoms with E-state index < -0.39 is 17.9 Å². The van der Waals surface area contributed by atoms with Gasteiger partial charge in [-0.05, 0) is 30.2 Å². The van der Waals surface area contributed by atoms with Gasteiger partial charge in [-0.2, -0.15) is 18.3 Å². The van der Waals surface area contributed by atoms with Crippen LogP contribution in [0.3, 0.4) is 0 Å². The molecule has 2 rings (SSSR count). The summed E-state index contributed by atoms with van der Waals surface area (Å²) < 4.78 is 38.8. The quantitative estimate of drug-likeness (QED) is 0.849. The number of amides is 1. The number of hydrogen-bond acceptors (Lipinski definition) is 3. The molecule has 1 heterocycles. The normalized spacial score (nSPS) is 12.9. The summed E-state index contributed by atoms with van der Waals surface area (Å²) in [4.78, 5) is 11.7. The summed E-state index contributed by atoms with van der Waals surface area (Å²) in [6, 6.07) is 7.11. The second-order valence-corrected chi connectivity index (χ2v) is 5.42. The minimum Gasteiger partial charge on any atom is -0.351 e. The van der Waals surface area contributed by atoms with Crippen molar-refractivity contribution in [1.29, 1.82) is 0 Å². The number of nitrogens with two attached hydrogens (primary N) is 1. The van der Waals surface area contributed by atoms with Crippen molar-refractivity contribution in [3.63, 3.8) is 0 Å². The van der Waals surface area contributed by atoms with Gasteiger partial charge in [0.05, 0.1) is 11.7 Å². The van der Waals surface area contributed by atoms with Gasteiger partial charge >= 0.3 is 6.18 Å². The Morgan fingerprint density at radius 3 is 2.50 bits per heavy atom. The summed E-state index contributed by atoms with van der Waals surface area (Å²) >= 11 is 0. The number of carbonyl (C=O) groups excluding carboxylic acids is 1. The lowest BCUT2D eigenvalue weighted by atomic mass is 10.1. The molecule has 1 aromatic heterocycles. The number of aromatic nitrogens is 2. The van der Waals surface area contributed by atoms with E-state index in [1.54, 1.807) is 24.3 Å². The summed E-state index contributed by atoms with van der Waals surface area (Å²) in [5.41, 5.74) is 6.09. The van der Waals surface area contributed by atoms with Gasteiger partial charge in [0.25, 0.3) is 0 Å². The second-order valence-electron chi connectivity index (χ2n) is 5.42. The van der Waals surface area contributed by atoms with Crippen LogP contribution < -0.4 is 11.1 Å². The maximum Gasteiger partial charge on any atom is 0.435 e. The van der Waals surface area contributed by atoms with Crippen molar-refractivity contribution in [1.82, 2.24) is 15.1 Å². The predicted octanol–water partition coefficient (Wildman–Crippen LogP) is 2.63. The third-order valence-corrected chi connectivity index (χ3v) is 3.48. The predicted molar refractivity (Wildman–Crippen MR) is 83.3 cm³/mol. The van der Waals surface area contributed by atoms with Crippen LogP contribution in [0.4, 0.5) is 13.2 Å². The summed E-state index contributed by atoms with van der Waals surface area (Å²) in [5.74, 6) is -0.220. The molecule has 0 spiro atoms. The Morgan fingerprint density at radius 2 is 1.96 bits per heavy atom. The van der Waals surface area contributed by atoms with Gasteiger partial charge in [-0.15, -0.1) is 0 Å². The Balaban J connectivity index is 1.98. The molecule has 5 nitrogen and oxygen atoms in total. The minimum atomic E-state index is -4.47. The van der Waals surface area contributed by atoms with E-state index in [1.807, 2.05) is 6.92 Å². The van der Waals surface area contributed by atoms with Crippen LogP contribution in [0, 0.1) is 0 Å². The molecule has 0 bridgehead atoms. The molecule has 1 aromatic carbocycles. The fraction of sp³-hybridized carbons (Fsp3) is 0.375. The Bertz CT molecular complexity index is 679. The van der Waals surface area contributed by atoms with Crippen LogP contribution in [-0.4, -0.2) is 21.7 Å². The molecule has 3 N–H and O–H groups in total. The summed E-state index contributed by atoms with van der Waals surface area (Å²) in [5, 5.41) is 6.24. The van der Waals surface area contributed by atoms with E-state index in [4.69, 9.17) is 5.73 Å². The molecule has 2 aromatic rings. The molecule has 0 saturated heterocycles. The fourth-order valence-corrected chi connectivity index (χ4v) is 2.15. The highest BCUT2D eigenvalue weighted by Gasteiger charge is 2.33. The summed E-state index contributed by atoms with van der Waals surface area (Å²) in [7, 11) is 0.